The first-order valence-corrected chi connectivity index (χ1v) is 7.40. The average Bonchev–Trinajstić information content (AvgIpc) is 2.92. The van der Waals surface area contributed by atoms with Gasteiger partial charge in [-0.1, -0.05) is 12.1 Å². The van der Waals surface area contributed by atoms with Gasteiger partial charge in [0.2, 0.25) is 0 Å². The van der Waals surface area contributed by atoms with E-state index in [4.69, 9.17) is 0 Å². The van der Waals surface area contributed by atoms with Crippen molar-refractivity contribution in [2.45, 2.75) is 32.4 Å². The molecule has 2 aromatic rings. The molecule has 2 unspecified atom stereocenters. The molecule has 2 N–H and O–H groups in total. The Labute approximate surface area is 135 Å². The van der Waals surface area contributed by atoms with Gasteiger partial charge in [0, 0.05) is 43.0 Å². The lowest BCUT2D eigenvalue weighted by molar-refractivity contribution is -0.385. The average molecular weight is 318 g/mol. The van der Waals surface area contributed by atoms with E-state index >= 15 is 0 Å². The zero-order valence-electron chi connectivity index (χ0n) is 13.8. The summed E-state index contributed by atoms with van der Waals surface area (Å²) in [6.07, 6.45) is 3.39. The second-order valence-electron chi connectivity index (χ2n) is 6.08. The van der Waals surface area contributed by atoms with Gasteiger partial charge in [-0.2, -0.15) is 5.10 Å². The minimum Gasteiger partial charge on any atom is -0.384 e. The Morgan fingerprint density at radius 3 is 2.78 bits per heavy atom. The number of nitrogens with one attached hydrogen (secondary N) is 1. The predicted molar refractivity (Wildman–Crippen MR) is 87.0 cm³/mol. The van der Waals surface area contributed by atoms with Crippen molar-refractivity contribution in [1.82, 2.24) is 15.1 Å². The number of nitrogens with zero attached hydrogens (tertiary/aromatic N) is 3. The van der Waals surface area contributed by atoms with Crippen molar-refractivity contribution in [3.05, 3.63) is 57.4 Å². The highest BCUT2D eigenvalue weighted by molar-refractivity contribution is 5.43. The molecule has 1 heterocycles. The van der Waals surface area contributed by atoms with Crippen molar-refractivity contribution in [2.24, 2.45) is 7.05 Å². The number of aliphatic hydroxyl groups is 1. The molecule has 124 valence electrons. The Hall–Kier alpha value is -2.25. The van der Waals surface area contributed by atoms with Gasteiger partial charge in [-0.05, 0) is 26.3 Å². The van der Waals surface area contributed by atoms with Crippen LogP contribution in [0, 0.1) is 17.0 Å². The van der Waals surface area contributed by atoms with E-state index in [1.54, 1.807) is 50.1 Å². The SMILES string of the molecule is Cc1ccc(C(C)NCC(C)(O)c2cnn(C)c2)cc1[N+](=O)[O-]. The summed E-state index contributed by atoms with van der Waals surface area (Å²) in [5.41, 5.74) is 1.20. The first-order chi connectivity index (χ1) is 10.7. The summed E-state index contributed by atoms with van der Waals surface area (Å²) in [5.74, 6) is 0. The molecule has 23 heavy (non-hydrogen) atoms. The van der Waals surface area contributed by atoms with Gasteiger partial charge in [0.1, 0.15) is 5.60 Å². The van der Waals surface area contributed by atoms with Crippen molar-refractivity contribution < 1.29 is 10.0 Å². The molecule has 0 radical (unpaired) electrons. The van der Waals surface area contributed by atoms with Gasteiger partial charge in [-0.3, -0.25) is 14.8 Å². The maximum Gasteiger partial charge on any atom is 0.272 e. The summed E-state index contributed by atoms with van der Waals surface area (Å²) in [4.78, 5) is 10.7. The second-order valence-corrected chi connectivity index (χ2v) is 6.08. The molecular weight excluding hydrogens is 296 g/mol. The van der Waals surface area contributed by atoms with Crippen LogP contribution in [0.1, 0.15) is 36.6 Å². The molecule has 0 spiro atoms. The summed E-state index contributed by atoms with van der Waals surface area (Å²) in [5, 5.41) is 28.9. The van der Waals surface area contributed by atoms with Crippen molar-refractivity contribution in [1.29, 1.82) is 0 Å². The molecule has 0 saturated carbocycles. The number of hydrogen-bond acceptors (Lipinski definition) is 5. The van der Waals surface area contributed by atoms with E-state index in [1.165, 1.54) is 0 Å². The van der Waals surface area contributed by atoms with Crippen LogP contribution in [-0.4, -0.2) is 26.4 Å². The van der Waals surface area contributed by atoms with Gasteiger partial charge in [0.15, 0.2) is 0 Å². The van der Waals surface area contributed by atoms with Crippen molar-refractivity contribution in [3.8, 4) is 0 Å². The third-order valence-corrected chi connectivity index (χ3v) is 4.01. The molecule has 1 aromatic carbocycles. The number of hydrogen-bond donors (Lipinski definition) is 2. The smallest absolute Gasteiger partial charge is 0.272 e. The van der Waals surface area contributed by atoms with Gasteiger partial charge in [0.25, 0.3) is 5.69 Å². The molecule has 7 nitrogen and oxygen atoms in total. The van der Waals surface area contributed by atoms with Crippen LogP contribution in [0.5, 0.6) is 0 Å². The van der Waals surface area contributed by atoms with Crippen LogP contribution < -0.4 is 5.32 Å². The quantitative estimate of drug-likeness (QED) is 0.629. The number of nitro benzene ring substituents is 1. The Morgan fingerprint density at radius 1 is 1.52 bits per heavy atom. The van der Waals surface area contributed by atoms with Crippen LogP contribution >= 0.6 is 0 Å². The lowest BCUT2D eigenvalue weighted by Gasteiger charge is -2.25. The Morgan fingerprint density at radius 2 is 2.22 bits per heavy atom. The first-order valence-electron chi connectivity index (χ1n) is 7.40. The van der Waals surface area contributed by atoms with E-state index < -0.39 is 5.60 Å². The highest BCUT2D eigenvalue weighted by Gasteiger charge is 2.25. The van der Waals surface area contributed by atoms with E-state index in [-0.39, 0.29) is 16.7 Å². The Kier molecular flexibility index (Phi) is 4.82. The molecule has 0 amide bonds. The molecule has 7 heteroatoms. The van der Waals surface area contributed by atoms with E-state index in [0.29, 0.717) is 12.1 Å². The lowest BCUT2D eigenvalue weighted by atomic mass is 9.98. The molecule has 0 aliphatic heterocycles. The van der Waals surface area contributed by atoms with Gasteiger partial charge in [-0.25, -0.2) is 0 Å². The zero-order valence-corrected chi connectivity index (χ0v) is 13.8. The fraction of sp³-hybridized carbons (Fsp3) is 0.438. The van der Waals surface area contributed by atoms with Crippen LogP contribution in [0.15, 0.2) is 30.6 Å². The number of rotatable bonds is 6. The van der Waals surface area contributed by atoms with Crippen molar-refractivity contribution in [3.63, 3.8) is 0 Å². The largest absolute Gasteiger partial charge is 0.384 e. The normalized spacial score (nSPS) is 15.2. The molecule has 0 saturated heterocycles. The fourth-order valence-corrected chi connectivity index (χ4v) is 2.36. The maximum absolute atomic E-state index is 11.0. The fourth-order valence-electron chi connectivity index (χ4n) is 2.36. The Bertz CT molecular complexity index is 709. The van der Waals surface area contributed by atoms with E-state index in [1.807, 2.05) is 13.0 Å². The first kappa shape index (κ1) is 17.1. The van der Waals surface area contributed by atoms with Crippen molar-refractivity contribution in [2.75, 3.05) is 6.54 Å². The van der Waals surface area contributed by atoms with Crippen molar-refractivity contribution >= 4 is 5.69 Å². The minimum atomic E-state index is -1.07. The van der Waals surface area contributed by atoms with E-state index in [2.05, 4.69) is 10.4 Å². The molecule has 0 aliphatic rings. The second kappa shape index (κ2) is 6.47. The van der Waals surface area contributed by atoms with Crippen LogP contribution in [0.4, 0.5) is 5.69 Å². The summed E-state index contributed by atoms with van der Waals surface area (Å²) in [6.45, 7) is 5.64. The van der Waals surface area contributed by atoms with Crippen LogP contribution in [0.3, 0.4) is 0 Å². The summed E-state index contributed by atoms with van der Waals surface area (Å²) in [7, 11) is 1.79. The number of aryl methyl sites for hydroxylation is 2. The predicted octanol–water partition coefficient (Wildman–Crippen LogP) is 2.20. The van der Waals surface area contributed by atoms with Crippen LogP contribution in [0.25, 0.3) is 0 Å². The molecule has 2 atom stereocenters. The Balaban J connectivity index is 2.09. The molecule has 0 fully saturated rings. The third kappa shape index (κ3) is 3.94. The van der Waals surface area contributed by atoms with Gasteiger partial charge >= 0.3 is 0 Å². The van der Waals surface area contributed by atoms with E-state index in [9.17, 15) is 15.2 Å². The highest BCUT2D eigenvalue weighted by atomic mass is 16.6. The molecule has 0 bridgehead atoms. The number of benzene rings is 1. The summed E-state index contributed by atoms with van der Waals surface area (Å²) < 4.78 is 1.64. The summed E-state index contributed by atoms with van der Waals surface area (Å²) >= 11 is 0. The number of nitro groups is 1. The molecular formula is C16H22N4O3. The molecule has 2 rings (SSSR count). The standard InChI is InChI=1S/C16H22N4O3/c1-11-5-6-13(7-15(11)20(22)23)12(2)17-10-16(3,21)14-8-18-19(4)9-14/h5-9,12,17,21H,10H2,1-4H3. The molecule has 0 aliphatic carbocycles. The highest BCUT2D eigenvalue weighted by Crippen LogP contribution is 2.24. The molecule has 1 aromatic heterocycles. The zero-order chi connectivity index (χ0) is 17.2. The van der Waals surface area contributed by atoms with Gasteiger partial charge < -0.3 is 10.4 Å². The van der Waals surface area contributed by atoms with Gasteiger partial charge in [-0.15, -0.1) is 0 Å². The maximum atomic E-state index is 11.0. The van der Waals surface area contributed by atoms with Crippen LogP contribution in [0.2, 0.25) is 0 Å². The van der Waals surface area contributed by atoms with Crippen LogP contribution in [-0.2, 0) is 12.6 Å². The third-order valence-electron chi connectivity index (χ3n) is 4.01. The number of aromatic nitrogens is 2. The topological polar surface area (TPSA) is 93.2 Å². The summed E-state index contributed by atoms with van der Waals surface area (Å²) in [6, 6.07) is 5.05. The minimum absolute atomic E-state index is 0.107. The van der Waals surface area contributed by atoms with E-state index in [0.717, 1.165) is 11.1 Å². The lowest BCUT2D eigenvalue weighted by Crippen LogP contribution is -2.36. The monoisotopic (exact) mass is 318 g/mol. The van der Waals surface area contributed by atoms with Gasteiger partial charge in [0.05, 0.1) is 11.1 Å².